The van der Waals surface area contributed by atoms with Gasteiger partial charge in [0.2, 0.25) is 0 Å². The van der Waals surface area contributed by atoms with Gasteiger partial charge in [0.1, 0.15) is 5.69 Å². The van der Waals surface area contributed by atoms with E-state index in [2.05, 4.69) is 20.9 Å². The second-order valence-electron chi connectivity index (χ2n) is 4.76. The predicted octanol–water partition coefficient (Wildman–Crippen LogP) is 4.01. The molecule has 0 amide bonds. The second kappa shape index (κ2) is 6.26. The van der Waals surface area contributed by atoms with Crippen LogP contribution in [0.2, 0.25) is 0 Å². The maximum absolute atomic E-state index is 12.1. The van der Waals surface area contributed by atoms with Crippen LogP contribution in [0.25, 0.3) is 11.0 Å². The van der Waals surface area contributed by atoms with Gasteiger partial charge < -0.3 is 9.15 Å². The largest absolute Gasteiger partial charge is 0.493 e. The number of hydrogen-bond donors (Lipinski definition) is 0. The lowest BCUT2D eigenvalue weighted by molar-refractivity contribution is 0.406. The average molecular weight is 371 g/mol. The van der Waals surface area contributed by atoms with E-state index in [0.717, 1.165) is 4.47 Å². The fraction of sp³-hybridized carbons (Fsp3) is 0.0588. The third-order valence-electron chi connectivity index (χ3n) is 3.24. The summed E-state index contributed by atoms with van der Waals surface area (Å²) in [5.41, 5.74) is 10.2. The lowest BCUT2D eigenvalue weighted by atomic mass is 10.2. The molecule has 6 heteroatoms. The summed E-state index contributed by atoms with van der Waals surface area (Å²) in [4.78, 5) is 16.2. The monoisotopic (exact) mass is 370 g/mol. The van der Waals surface area contributed by atoms with Crippen LogP contribution in [-0.4, -0.2) is 13.3 Å². The molecule has 114 valence electrons. The Labute approximate surface area is 140 Å². The Bertz CT molecular complexity index is 964. The molecule has 2 radical (unpaired) electrons. The Hall–Kier alpha value is -2.60. The number of rotatable bonds is 3. The smallest absolute Gasteiger partial charge is 0.362 e. The Morgan fingerprint density at radius 3 is 2.78 bits per heavy atom. The SMILES string of the molecule is COc1cc(Br)cc2cc(N=Cc3ccccc3[N])c(=O)oc12. The lowest BCUT2D eigenvalue weighted by Crippen LogP contribution is -1.99. The van der Waals surface area contributed by atoms with Gasteiger partial charge in [-0.15, -0.1) is 5.73 Å². The van der Waals surface area contributed by atoms with Crippen LogP contribution in [0.3, 0.4) is 0 Å². The molecule has 23 heavy (non-hydrogen) atoms. The van der Waals surface area contributed by atoms with Crippen LogP contribution in [-0.2, 0) is 0 Å². The third-order valence-corrected chi connectivity index (χ3v) is 3.70. The van der Waals surface area contributed by atoms with E-state index in [0.29, 0.717) is 22.3 Å². The number of methoxy groups -OCH3 is 1. The molecule has 2 aromatic carbocycles. The topological polar surface area (TPSA) is 74.1 Å². The first-order chi connectivity index (χ1) is 11.1. The number of aliphatic imine (C=N–C) groups is 1. The van der Waals surface area contributed by atoms with Gasteiger partial charge in [-0.1, -0.05) is 34.1 Å². The summed E-state index contributed by atoms with van der Waals surface area (Å²) >= 11 is 3.38. The molecule has 3 rings (SSSR count). The number of nitrogens with zero attached hydrogens (tertiary/aromatic N) is 2. The highest BCUT2D eigenvalue weighted by Crippen LogP contribution is 2.30. The maximum Gasteiger partial charge on any atom is 0.362 e. The van der Waals surface area contributed by atoms with E-state index in [9.17, 15) is 10.5 Å². The molecule has 0 saturated carbocycles. The van der Waals surface area contributed by atoms with Gasteiger partial charge in [0.15, 0.2) is 11.3 Å². The Kier molecular flexibility index (Phi) is 4.16. The van der Waals surface area contributed by atoms with Gasteiger partial charge in [0, 0.05) is 21.6 Å². The third kappa shape index (κ3) is 3.12. The molecule has 0 bridgehead atoms. The predicted molar refractivity (Wildman–Crippen MR) is 92.2 cm³/mol. The molecular weight excluding hydrogens is 360 g/mol. The minimum Gasteiger partial charge on any atom is -0.493 e. The summed E-state index contributed by atoms with van der Waals surface area (Å²) in [7, 11) is 1.51. The van der Waals surface area contributed by atoms with Crippen molar-refractivity contribution < 1.29 is 9.15 Å². The van der Waals surface area contributed by atoms with Gasteiger partial charge in [-0.25, -0.2) is 9.79 Å². The van der Waals surface area contributed by atoms with Crippen LogP contribution in [0.1, 0.15) is 5.56 Å². The highest BCUT2D eigenvalue weighted by Gasteiger charge is 2.10. The van der Waals surface area contributed by atoms with Gasteiger partial charge in [0.05, 0.1) is 12.8 Å². The first-order valence-corrected chi connectivity index (χ1v) is 7.51. The molecule has 1 aromatic heterocycles. The van der Waals surface area contributed by atoms with Crippen molar-refractivity contribution in [1.82, 2.24) is 5.73 Å². The Balaban J connectivity index is 2.10. The van der Waals surface area contributed by atoms with Crippen LogP contribution >= 0.6 is 15.9 Å². The quantitative estimate of drug-likeness (QED) is 0.516. The number of halogens is 1. The van der Waals surface area contributed by atoms with E-state index in [1.165, 1.54) is 13.3 Å². The van der Waals surface area contributed by atoms with Crippen molar-refractivity contribution >= 4 is 44.5 Å². The van der Waals surface area contributed by atoms with Crippen LogP contribution in [0.4, 0.5) is 11.4 Å². The van der Waals surface area contributed by atoms with Gasteiger partial charge in [0.25, 0.3) is 0 Å². The summed E-state index contributed by atoms with van der Waals surface area (Å²) in [6.45, 7) is 0. The second-order valence-corrected chi connectivity index (χ2v) is 5.68. The minimum absolute atomic E-state index is 0.0887. The normalized spacial score (nSPS) is 11.2. The van der Waals surface area contributed by atoms with Crippen molar-refractivity contribution in [1.29, 1.82) is 0 Å². The van der Waals surface area contributed by atoms with E-state index >= 15 is 0 Å². The molecule has 0 fully saturated rings. The fourth-order valence-electron chi connectivity index (χ4n) is 2.13. The van der Waals surface area contributed by atoms with E-state index < -0.39 is 5.63 Å². The lowest BCUT2D eigenvalue weighted by Gasteiger charge is -2.05. The molecule has 5 nitrogen and oxygen atoms in total. The molecule has 0 N–H and O–H groups in total. The zero-order valence-electron chi connectivity index (χ0n) is 12.1. The molecular formula is C17H11BrN2O3. The zero-order valence-corrected chi connectivity index (χ0v) is 13.7. The molecule has 0 aliphatic heterocycles. The summed E-state index contributed by atoms with van der Waals surface area (Å²) < 4.78 is 11.3. The Morgan fingerprint density at radius 2 is 2.04 bits per heavy atom. The number of fused-ring (bicyclic) bond motifs is 1. The van der Waals surface area contributed by atoms with Crippen LogP contribution in [0.15, 0.2) is 61.1 Å². The van der Waals surface area contributed by atoms with Crippen LogP contribution in [0.5, 0.6) is 5.75 Å². The summed E-state index contributed by atoms with van der Waals surface area (Å²) in [5.74, 6) is 0.461. The summed E-state index contributed by atoms with van der Waals surface area (Å²) in [6.07, 6.45) is 1.42. The molecule has 0 atom stereocenters. The van der Waals surface area contributed by atoms with Crippen LogP contribution < -0.4 is 16.1 Å². The highest BCUT2D eigenvalue weighted by molar-refractivity contribution is 9.10. The number of hydrogen-bond acceptors (Lipinski definition) is 4. The molecule has 0 saturated heterocycles. The van der Waals surface area contributed by atoms with E-state index in [1.54, 1.807) is 42.5 Å². The van der Waals surface area contributed by atoms with Crippen molar-refractivity contribution in [2.45, 2.75) is 0 Å². The standard InChI is InChI=1S/C17H11BrN2O3/c1-22-15-8-12(18)6-11-7-14(17(21)23-16(11)15)20-9-10-4-2-3-5-13(10)19/h2-9H,1H3. The maximum atomic E-state index is 12.1. The number of benzene rings is 2. The van der Waals surface area contributed by atoms with Crippen molar-refractivity contribution in [2.75, 3.05) is 7.11 Å². The van der Waals surface area contributed by atoms with E-state index in [4.69, 9.17) is 9.15 Å². The first kappa shape index (κ1) is 15.3. The van der Waals surface area contributed by atoms with Crippen molar-refractivity contribution in [2.24, 2.45) is 4.99 Å². The molecule has 0 aliphatic carbocycles. The molecule has 1 heterocycles. The molecule has 0 spiro atoms. The average Bonchev–Trinajstić information content (AvgIpc) is 2.54. The highest BCUT2D eigenvalue weighted by atomic mass is 79.9. The van der Waals surface area contributed by atoms with Gasteiger partial charge in [-0.3, -0.25) is 0 Å². The molecule has 0 aliphatic rings. The van der Waals surface area contributed by atoms with Gasteiger partial charge >= 0.3 is 5.63 Å². The van der Waals surface area contributed by atoms with Gasteiger partial charge in [-0.2, -0.15) is 0 Å². The van der Waals surface area contributed by atoms with Crippen molar-refractivity contribution in [3.63, 3.8) is 0 Å². The number of ether oxygens (including phenoxy) is 1. The molecule has 0 unspecified atom stereocenters. The van der Waals surface area contributed by atoms with Gasteiger partial charge in [-0.05, 0) is 24.3 Å². The van der Waals surface area contributed by atoms with Crippen molar-refractivity contribution in [3.8, 4) is 5.75 Å². The zero-order chi connectivity index (χ0) is 16.4. The summed E-state index contributed by atoms with van der Waals surface area (Å²) in [5, 5.41) is 0.681. The van der Waals surface area contributed by atoms with Crippen molar-refractivity contribution in [3.05, 3.63) is 62.9 Å². The summed E-state index contributed by atoms with van der Waals surface area (Å²) in [6, 6.07) is 11.9. The Morgan fingerprint density at radius 1 is 1.26 bits per heavy atom. The van der Waals surface area contributed by atoms with Crippen LogP contribution in [0, 0.1) is 0 Å². The minimum atomic E-state index is -0.579. The first-order valence-electron chi connectivity index (χ1n) is 6.72. The molecule has 3 aromatic rings. The fourth-order valence-corrected chi connectivity index (χ4v) is 2.59. The van der Waals surface area contributed by atoms with E-state index in [-0.39, 0.29) is 11.4 Å². The van der Waals surface area contributed by atoms with E-state index in [1.807, 2.05) is 0 Å².